The number of aromatic nitrogens is 3. The largest absolute Gasteiger partial charge is 0.365 e. The number of nitrogens with zero attached hydrogens (tertiary/aromatic N) is 3. The molecule has 2 aromatic heterocycles. The Kier molecular flexibility index (Phi) is 3.15. The van der Waals surface area contributed by atoms with Gasteiger partial charge in [-0.3, -0.25) is 4.98 Å². The molecule has 1 aromatic carbocycles. The van der Waals surface area contributed by atoms with Gasteiger partial charge in [0.2, 0.25) is 0 Å². The van der Waals surface area contributed by atoms with E-state index in [9.17, 15) is 0 Å². The van der Waals surface area contributed by atoms with Crippen molar-refractivity contribution in [2.24, 2.45) is 0 Å². The van der Waals surface area contributed by atoms with Crippen molar-refractivity contribution in [2.45, 2.75) is 19.9 Å². The number of aromatic amines is 1. The molecular formula is C18H18N4. The van der Waals surface area contributed by atoms with Crippen molar-refractivity contribution in [3.8, 4) is 11.1 Å². The van der Waals surface area contributed by atoms with Crippen molar-refractivity contribution < 1.29 is 0 Å². The number of rotatable bonds is 3. The highest BCUT2D eigenvalue weighted by Crippen LogP contribution is 2.34. The lowest BCUT2D eigenvalue weighted by Gasteiger charge is -2.19. The zero-order valence-electron chi connectivity index (χ0n) is 12.6. The Labute approximate surface area is 129 Å². The summed E-state index contributed by atoms with van der Waals surface area (Å²) in [7, 11) is 0. The van der Waals surface area contributed by atoms with Gasteiger partial charge in [0.05, 0.1) is 18.6 Å². The number of fused-ring (bicyclic) bond motifs is 1. The standard InChI is InChI=1S/C18H18N4/c1-13-17(3-2-7-20-13)15-5-4-14-6-8-22(18(14)9-15)11-16-10-19-12-21-16/h2-5,7,9-10,12H,6,8,11H2,1H3,(H,19,21). The zero-order valence-corrected chi connectivity index (χ0v) is 12.6. The summed E-state index contributed by atoms with van der Waals surface area (Å²) in [4.78, 5) is 14.1. The lowest BCUT2D eigenvalue weighted by molar-refractivity contribution is 0.819. The molecule has 1 aliphatic heterocycles. The average molecular weight is 290 g/mol. The second kappa shape index (κ2) is 5.30. The second-order valence-electron chi connectivity index (χ2n) is 5.73. The van der Waals surface area contributed by atoms with E-state index in [2.05, 4.69) is 51.0 Å². The fraction of sp³-hybridized carbons (Fsp3) is 0.222. The van der Waals surface area contributed by atoms with Crippen LogP contribution in [0, 0.1) is 6.92 Å². The second-order valence-corrected chi connectivity index (χ2v) is 5.73. The fourth-order valence-electron chi connectivity index (χ4n) is 3.14. The molecule has 0 atom stereocenters. The van der Waals surface area contributed by atoms with Gasteiger partial charge < -0.3 is 9.88 Å². The Hall–Kier alpha value is -2.62. The highest BCUT2D eigenvalue weighted by atomic mass is 15.2. The molecule has 3 heterocycles. The van der Waals surface area contributed by atoms with Crippen LogP contribution in [0.25, 0.3) is 11.1 Å². The van der Waals surface area contributed by atoms with Crippen molar-refractivity contribution >= 4 is 5.69 Å². The molecule has 0 spiro atoms. The van der Waals surface area contributed by atoms with Crippen molar-refractivity contribution in [2.75, 3.05) is 11.4 Å². The molecule has 0 saturated carbocycles. The van der Waals surface area contributed by atoms with Crippen LogP contribution < -0.4 is 4.90 Å². The molecule has 4 nitrogen and oxygen atoms in total. The van der Waals surface area contributed by atoms with Crippen LogP contribution in [-0.2, 0) is 13.0 Å². The number of pyridine rings is 1. The van der Waals surface area contributed by atoms with Crippen molar-refractivity contribution in [1.29, 1.82) is 0 Å². The minimum absolute atomic E-state index is 0.877. The highest BCUT2D eigenvalue weighted by Gasteiger charge is 2.20. The lowest BCUT2D eigenvalue weighted by Crippen LogP contribution is -2.19. The topological polar surface area (TPSA) is 44.8 Å². The summed E-state index contributed by atoms with van der Waals surface area (Å²) in [6.07, 6.45) is 6.58. The maximum absolute atomic E-state index is 4.40. The summed E-state index contributed by atoms with van der Waals surface area (Å²) in [6.45, 7) is 4.00. The zero-order chi connectivity index (χ0) is 14.9. The van der Waals surface area contributed by atoms with Crippen LogP contribution in [0.5, 0.6) is 0 Å². The molecule has 110 valence electrons. The van der Waals surface area contributed by atoms with E-state index >= 15 is 0 Å². The third kappa shape index (κ3) is 2.26. The van der Waals surface area contributed by atoms with Gasteiger partial charge in [0.15, 0.2) is 0 Å². The molecular weight excluding hydrogens is 272 g/mol. The number of anilines is 1. The Balaban J connectivity index is 1.70. The number of hydrogen-bond donors (Lipinski definition) is 1. The summed E-state index contributed by atoms with van der Waals surface area (Å²) in [6, 6.07) is 10.9. The number of nitrogens with one attached hydrogen (secondary N) is 1. The normalized spacial score (nSPS) is 13.4. The summed E-state index contributed by atoms with van der Waals surface area (Å²) in [5.41, 5.74) is 7.41. The first-order valence-corrected chi connectivity index (χ1v) is 7.58. The minimum atomic E-state index is 0.877. The first-order chi connectivity index (χ1) is 10.8. The van der Waals surface area contributed by atoms with E-state index in [1.807, 2.05) is 18.5 Å². The molecule has 4 rings (SSSR count). The van der Waals surface area contributed by atoms with Gasteiger partial charge in [-0.25, -0.2) is 4.98 Å². The number of hydrogen-bond acceptors (Lipinski definition) is 3. The molecule has 22 heavy (non-hydrogen) atoms. The Morgan fingerprint density at radius 1 is 1.27 bits per heavy atom. The van der Waals surface area contributed by atoms with Gasteiger partial charge in [-0.05, 0) is 36.6 Å². The quantitative estimate of drug-likeness (QED) is 0.804. The molecule has 4 heteroatoms. The Morgan fingerprint density at radius 2 is 2.23 bits per heavy atom. The highest BCUT2D eigenvalue weighted by molar-refractivity contribution is 5.73. The summed E-state index contributed by atoms with van der Waals surface area (Å²) >= 11 is 0. The molecule has 0 aliphatic carbocycles. The van der Waals surface area contributed by atoms with Gasteiger partial charge in [0, 0.05) is 35.9 Å². The Bertz CT molecular complexity index is 793. The van der Waals surface area contributed by atoms with Crippen LogP contribution in [0.15, 0.2) is 49.1 Å². The molecule has 0 radical (unpaired) electrons. The first-order valence-electron chi connectivity index (χ1n) is 7.58. The van der Waals surface area contributed by atoms with Gasteiger partial charge in [-0.15, -0.1) is 0 Å². The van der Waals surface area contributed by atoms with Crippen LogP contribution >= 0.6 is 0 Å². The van der Waals surface area contributed by atoms with E-state index in [1.165, 1.54) is 22.4 Å². The van der Waals surface area contributed by atoms with Gasteiger partial charge in [-0.1, -0.05) is 18.2 Å². The van der Waals surface area contributed by atoms with Gasteiger partial charge in [0.1, 0.15) is 0 Å². The number of H-pyrrole nitrogens is 1. The molecule has 0 saturated heterocycles. The number of imidazole rings is 1. The van der Waals surface area contributed by atoms with Crippen LogP contribution in [0.1, 0.15) is 17.0 Å². The third-order valence-electron chi connectivity index (χ3n) is 4.31. The lowest BCUT2D eigenvalue weighted by atomic mass is 10.0. The van der Waals surface area contributed by atoms with E-state index < -0.39 is 0 Å². The van der Waals surface area contributed by atoms with E-state index in [0.717, 1.165) is 30.9 Å². The van der Waals surface area contributed by atoms with Crippen molar-refractivity contribution in [3.63, 3.8) is 0 Å². The van der Waals surface area contributed by atoms with Crippen molar-refractivity contribution in [3.05, 3.63) is 66.0 Å². The molecule has 0 amide bonds. The van der Waals surface area contributed by atoms with Crippen LogP contribution in [0.4, 0.5) is 5.69 Å². The van der Waals surface area contributed by atoms with Gasteiger partial charge >= 0.3 is 0 Å². The molecule has 0 unspecified atom stereocenters. The van der Waals surface area contributed by atoms with Gasteiger partial charge in [0.25, 0.3) is 0 Å². The maximum Gasteiger partial charge on any atom is 0.0922 e. The number of benzene rings is 1. The molecule has 0 bridgehead atoms. The predicted octanol–water partition coefficient (Wildman–Crippen LogP) is 3.34. The summed E-state index contributed by atoms with van der Waals surface area (Å²) in [5, 5.41) is 0. The van der Waals surface area contributed by atoms with E-state index in [-0.39, 0.29) is 0 Å². The first kappa shape index (κ1) is 13.1. The summed E-state index contributed by atoms with van der Waals surface area (Å²) < 4.78 is 0. The molecule has 3 aromatic rings. The minimum Gasteiger partial charge on any atom is -0.365 e. The van der Waals surface area contributed by atoms with E-state index in [4.69, 9.17) is 0 Å². The Morgan fingerprint density at radius 3 is 3.05 bits per heavy atom. The molecule has 1 aliphatic rings. The monoisotopic (exact) mass is 290 g/mol. The van der Waals surface area contributed by atoms with Crippen molar-refractivity contribution in [1.82, 2.24) is 15.0 Å². The van der Waals surface area contributed by atoms with E-state index in [1.54, 1.807) is 6.33 Å². The predicted molar refractivity (Wildman–Crippen MR) is 87.8 cm³/mol. The SMILES string of the molecule is Cc1ncccc1-c1ccc2c(c1)N(Cc1cnc[nH]1)CC2. The van der Waals surface area contributed by atoms with Crippen LogP contribution in [0.3, 0.4) is 0 Å². The fourth-order valence-corrected chi connectivity index (χ4v) is 3.14. The molecule has 1 N–H and O–H groups in total. The van der Waals surface area contributed by atoms with Crippen LogP contribution in [-0.4, -0.2) is 21.5 Å². The smallest absolute Gasteiger partial charge is 0.0922 e. The summed E-state index contributed by atoms with van der Waals surface area (Å²) in [5.74, 6) is 0. The number of aryl methyl sites for hydroxylation is 1. The maximum atomic E-state index is 4.40. The average Bonchev–Trinajstić information content (AvgIpc) is 3.18. The van der Waals surface area contributed by atoms with E-state index in [0.29, 0.717) is 0 Å². The third-order valence-corrected chi connectivity index (χ3v) is 4.31. The van der Waals surface area contributed by atoms with Crippen LogP contribution in [0.2, 0.25) is 0 Å². The molecule has 0 fully saturated rings. The van der Waals surface area contributed by atoms with Gasteiger partial charge in [-0.2, -0.15) is 0 Å².